The number of aryl methyl sites for hydroxylation is 1. The number of hydrogen-bond donors (Lipinski definition) is 3. The number of rotatable bonds is 5. The maximum Gasteiger partial charge on any atom is 0.260 e. The van der Waals surface area contributed by atoms with Crippen molar-refractivity contribution in [1.29, 1.82) is 0 Å². The van der Waals surface area contributed by atoms with Gasteiger partial charge in [-0.3, -0.25) is 9.59 Å². The molecule has 1 unspecified atom stereocenters. The van der Waals surface area contributed by atoms with Crippen LogP contribution in [-0.4, -0.2) is 28.6 Å². The van der Waals surface area contributed by atoms with Gasteiger partial charge in [0.05, 0.1) is 6.10 Å². The SMILES string of the molecule is CCC(O)CCNC(=O)c1ccc(C)[nH]c1=O. The third-order valence-corrected chi connectivity index (χ3v) is 2.53. The van der Waals surface area contributed by atoms with Crippen molar-refractivity contribution in [2.24, 2.45) is 0 Å². The lowest BCUT2D eigenvalue weighted by molar-refractivity contribution is 0.0940. The van der Waals surface area contributed by atoms with Gasteiger partial charge in [-0.2, -0.15) is 0 Å². The summed E-state index contributed by atoms with van der Waals surface area (Å²) in [5.74, 6) is -0.408. The summed E-state index contributed by atoms with van der Waals surface area (Å²) in [7, 11) is 0. The van der Waals surface area contributed by atoms with Crippen molar-refractivity contribution in [3.8, 4) is 0 Å². The quantitative estimate of drug-likeness (QED) is 0.701. The highest BCUT2D eigenvalue weighted by molar-refractivity contribution is 5.93. The molecule has 0 bridgehead atoms. The number of aliphatic hydroxyl groups excluding tert-OH is 1. The summed E-state index contributed by atoms with van der Waals surface area (Å²) in [5, 5.41) is 11.9. The van der Waals surface area contributed by atoms with E-state index in [-0.39, 0.29) is 5.56 Å². The molecule has 1 rings (SSSR count). The van der Waals surface area contributed by atoms with E-state index in [4.69, 9.17) is 0 Å². The van der Waals surface area contributed by atoms with E-state index in [0.29, 0.717) is 25.1 Å². The summed E-state index contributed by atoms with van der Waals surface area (Å²) in [6.45, 7) is 3.99. The molecular weight excluding hydrogens is 220 g/mol. The monoisotopic (exact) mass is 238 g/mol. The minimum atomic E-state index is -0.411. The number of aromatic amines is 1. The van der Waals surface area contributed by atoms with Gasteiger partial charge in [-0.25, -0.2) is 0 Å². The molecular formula is C12H18N2O3. The van der Waals surface area contributed by atoms with Gasteiger partial charge in [0.15, 0.2) is 0 Å². The Labute approximate surface area is 99.9 Å². The van der Waals surface area contributed by atoms with Crippen molar-refractivity contribution < 1.29 is 9.90 Å². The van der Waals surface area contributed by atoms with E-state index >= 15 is 0 Å². The largest absolute Gasteiger partial charge is 0.393 e. The Morgan fingerprint density at radius 3 is 2.82 bits per heavy atom. The molecule has 1 heterocycles. The van der Waals surface area contributed by atoms with Crippen LogP contribution >= 0.6 is 0 Å². The average molecular weight is 238 g/mol. The zero-order valence-electron chi connectivity index (χ0n) is 10.1. The zero-order valence-corrected chi connectivity index (χ0v) is 10.1. The van der Waals surface area contributed by atoms with E-state index in [1.807, 2.05) is 6.92 Å². The highest BCUT2D eigenvalue weighted by Gasteiger charge is 2.10. The van der Waals surface area contributed by atoms with Crippen LogP contribution in [-0.2, 0) is 0 Å². The van der Waals surface area contributed by atoms with Gasteiger partial charge in [0.2, 0.25) is 0 Å². The molecule has 0 saturated carbocycles. The van der Waals surface area contributed by atoms with Gasteiger partial charge in [-0.05, 0) is 31.9 Å². The molecule has 0 saturated heterocycles. The number of carbonyl (C=O) groups is 1. The topological polar surface area (TPSA) is 82.2 Å². The van der Waals surface area contributed by atoms with Crippen molar-refractivity contribution in [2.45, 2.75) is 32.8 Å². The maximum atomic E-state index is 11.6. The predicted molar refractivity (Wildman–Crippen MR) is 65.0 cm³/mol. The van der Waals surface area contributed by atoms with Crippen LogP contribution in [0.15, 0.2) is 16.9 Å². The van der Waals surface area contributed by atoms with Crippen molar-refractivity contribution in [3.05, 3.63) is 33.7 Å². The second-order valence-corrected chi connectivity index (χ2v) is 3.99. The fraction of sp³-hybridized carbons (Fsp3) is 0.500. The van der Waals surface area contributed by atoms with E-state index in [1.54, 1.807) is 13.0 Å². The molecule has 0 aliphatic rings. The second-order valence-electron chi connectivity index (χ2n) is 3.99. The fourth-order valence-electron chi connectivity index (χ4n) is 1.40. The molecule has 0 spiro atoms. The number of pyridine rings is 1. The maximum absolute atomic E-state index is 11.6. The highest BCUT2D eigenvalue weighted by Crippen LogP contribution is 1.96. The Kier molecular flexibility index (Phi) is 4.90. The van der Waals surface area contributed by atoms with Crippen LogP contribution in [0.1, 0.15) is 35.8 Å². The lowest BCUT2D eigenvalue weighted by atomic mass is 10.2. The molecule has 0 fully saturated rings. The third-order valence-electron chi connectivity index (χ3n) is 2.53. The molecule has 1 aromatic heterocycles. The van der Waals surface area contributed by atoms with E-state index in [9.17, 15) is 14.7 Å². The van der Waals surface area contributed by atoms with Crippen LogP contribution in [0.3, 0.4) is 0 Å². The van der Waals surface area contributed by atoms with Gasteiger partial charge in [0.1, 0.15) is 5.56 Å². The van der Waals surface area contributed by atoms with Crippen LogP contribution in [0.2, 0.25) is 0 Å². The molecule has 0 radical (unpaired) electrons. The predicted octanol–water partition coefficient (Wildman–Crippen LogP) is 0.574. The molecule has 3 N–H and O–H groups in total. The van der Waals surface area contributed by atoms with Crippen LogP contribution < -0.4 is 10.9 Å². The van der Waals surface area contributed by atoms with Gasteiger partial charge in [-0.15, -0.1) is 0 Å². The fourth-order valence-corrected chi connectivity index (χ4v) is 1.40. The van der Waals surface area contributed by atoms with Gasteiger partial charge in [0, 0.05) is 12.2 Å². The van der Waals surface area contributed by atoms with Crippen molar-refractivity contribution in [2.75, 3.05) is 6.54 Å². The molecule has 94 valence electrons. The summed E-state index contributed by atoms with van der Waals surface area (Å²) in [5.41, 5.74) is 0.424. The Morgan fingerprint density at radius 1 is 1.53 bits per heavy atom. The Balaban J connectivity index is 2.56. The molecule has 0 aromatic carbocycles. The number of carbonyl (C=O) groups excluding carboxylic acids is 1. The third kappa shape index (κ3) is 4.03. The number of amides is 1. The number of aliphatic hydroxyl groups is 1. The molecule has 1 aromatic rings. The number of nitrogens with one attached hydrogen (secondary N) is 2. The summed E-state index contributed by atoms with van der Waals surface area (Å²) in [6, 6.07) is 3.18. The van der Waals surface area contributed by atoms with Crippen molar-refractivity contribution in [1.82, 2.24) is 10.3 Å². The average Bonchev–Trinajstić information content (AvgIpc) is 2.28. The first-order valence-corrected chi connectivity index (χ1v) is 5.70. The van der Waals surface area contributed by atoms with E-state index in [1.165, 1.54) is 6.07 Å². The van der Waals surface area contributed by atoms with Gasteiger partial charge >= 0.3 is 0 Å². The normalized spacial score (nSPS) is 12.2. The lowest BCUT2D eigenvalue weighted by Gasteiger charge is -2.08. The Morgan fingerprint density at radius 2 is 2.24 bits per heavy atom. The van der Waals surface area contributed by atoms with Crippen LogP contribution in [0.25, 0.3) is 0 Å². The Hall–Kier alpha value is -1.62. The molecule has 0 aliphatic heterocycles. The first-order valence-electron chi connectivity index (χ1n) is 5.70. The van der Waals surface area contributed by atoms with Crippen LogP contribution in [0.4, 0.5) is 0 Å². The smallest absolute Gasteiger partial charge is 0.260 e. The number of hydrogen-bond acceptors (Lipinski definition) is 3. The first-order chi connectivity index (χ1) is 8.04. The lowest BCUT2D eigenvalue weighted by Crippen LogP contribution is -2.31. The van der Waals surface area contributed by atoms with Crippen molar-refractivity contribution >= 4 is 5.91 Å². The van der Waals surface area contributed by atoms with E-state index in [0.717, 1.165) is 0 Å². The minimum Gasteiger partial charge on any atom is -0.393 e. The van der Waals surface area contributed by atoms with Crippen LogP contribution in [0, 0.1) is 6.92 Å². The number of H-pyrrole nitrogens is 1. The summed E-state index contributed by atoms with van der Waals surface area (Å²) >= 11 is 0. The Bertz CT molecular complexity index is 440. The first kappa shape index (κ1) is 13.4. The second kappa shape index (κ2) is 6.20. The molecule has 0 aliphatic carbocycles. The van der Waals surface area contributed by atoms with E-state index < -0.39 is 17.6 Å². The van der Waals surface area contributed by atoms with Gasteiger partial charge in [0.25, 0.3) is 11.5 Å². The highest BCUT2D eigenvalue weighted by atomic mass is 16.3. The van der Waals surface area contributed by atoms with Crippen LogP contribution in [0.5, 0.6) is 0 Å². The molecule has 17 heavy (non-hydrogen) atoms. The number of aromatic nitrogens is 1. The van der Waals surface area contributed by atoms with Crippen molar-refractivity contribution in [3.63, 3.8) is 0 Å². The standard InChI is InChI=1S/C12H18N2O3/c1-3-9(15)6-7-13-11(16)10-5-4-8(2)14-12(10)17/h4-5,9,15H,3,6-7H2,1-2H3,(H,13,16)(H,14,17). The molecule has 5 nitrogen and oxygen atoms in total. The van der Waals surface area contributed by atoms with Gasteiger partial charge in [-0.1, -0.05) is 6.92 Å². The van der Waals surface area contributed by atoms with E-state index in [2.05, 4.69) is 10.3 Å². The molecule has 5 heteroatoms. The summed E-state index contributed by atoms with van der Waals surface area (Å²) < 4.78 is 0. The molecule has 1 amide bonds. The molecule has 1 atom stereocenters. The summed E-state index contributed by atoms with van der Waals surface area (Å²) in [4.78, 5) is 25.7. The zero-order chi connectivity index (χ0) is 12.8. The van der Waals surface area contributed by atoms with Gasteiger partial charge < -0.3 is 15.4 Å². The summed E-state index contributed by atoms with van der Waals surface area (Å²) in [6.07, 6.45) is 0.735. The minimum absolute atomic E-state index is 0.0987.